The van der Waals surface area contributed by atoms with Crippen LogP contribution in [-0.2, 0) is 0 Å². The molecular formula is C20H16Cl2N8O3. The Kier molecular flexibility index (Phi) is 6.24. The van der Waals surface area contributed by atoms with Crippen LogP contribution in [0, 0.1) is 0 Å². The van der Waals surface area contributed by atoms with Crippen molar-refractivity contribution in [3.8, 4) is 22.8 Å². The molecule has 0 atom stereocenters. The van der Waals surface area contributed by atoms with Gasteiger partial charge in [-0.15, -0.1) is 5.10 Å². The average molecular weight is 487 g/mol. The molecule has 1 amide bonds. The Bertz CT molecular complexity index is 1350. The van der Waals surface area contributed by atoms with Crippen molar-refractivity contribution in [1.82, 2.24) is 30.7 Å². The highest BCUT2D eigenvalue weighted by Crippen LogP contribution is 2.31. The van der Waals surface area contributed by atoms with E-state index in [2.05, 4.69) is 35.8 Å². The van der Waals surface area contributed by atoms with Gasteiger partial charge in [0.2, 0.25) is 11.6 Å². The molecule has 2 aromatic carbocycles. The molecular weight excluding hydrogens is 471 g/mol. The topological polar surface area (TPSA) is 146 Å². The molecule has 0 spiro atoms. The maximum absolute atomic E-state index is 13.0. The lowest BCUT2D eigenvalue weighted by atomic mass is 10.1. The molecule has 0 fully saturated rings. The third kappa shape index (κ3) is 4.49. The Morgan fingerprint density at radius 2 is 1.91 bits per heavy atom. The van der Waals surface area contributed by atoms with Crippen molar-refractivity contribution < 1.29 is 14.2 Å². The van der Waals surface area contributed by atoms with Crippen molar-refractivity contribution in [1.29, 1.82) is 0 Å². The predicted molar refractivity (Wildman–Crippen MR) is 122 cm³/mol. The minimum absolute atomic E-state index is 0.0402. The van der Waals surface area contributed by atoms with Gasteiger partial charge in [-0.1, -0.05) is 34.5 Å². The number of rotatable bonds is 6. The van der Waals surface area contributed by atoms with E-state index in [0.717, 1.165) is 5.56 Å². The van der Waals surface area contributed by atoms with Crippen LogP contribution in [0.15, 0.2) is 52.2 Å². The molecule has 4 rings (SSSR count). The van der Waals surface area contributed by atoms with Gasteiger partial charge >= 0.3 is 0 Å². The molecule has 13 heteroatoms. The second kappa shape index (κ2) is 9.27. The molecule has 168 valence electrons. The lowest BCUT2D eigenvalue weighted by Crippen LogP contribution is -2.21. The number of ether oxygens (including phenoxy) is 1. The normalized spacial score (nSPS) is 11.5. The first-order valence-corrected chi connectivity index (χ1v) is 10.1. The van der Waals surface area contributed by atoms with Crippen LogP contribution in [0.25, 0.3) is 17.1 Å². The fourth-order valence-electron chi connectivity index (χ4n) is 2.91. The first kappa shape index (κ1) is 22.2. The number of nitrogens with one attached hydrogen (secondary N) is 1. The molecule has 0 unspecified atom stereocenters. The van der Waals surface area contributed by atoms with E-state index < -0.39 is 5.91 Å². The van der Waals surface area contributed by atoms with Crippen LogP contribution >= 0.6 is 23.2 Å². The lowest BCUT2D eigenvalue weighted by molar-refractivity contribution is 0.0950. The van der Waals surface area contributed by atoms with E-state index >= 15 is 0 Å². The number of benzene rings is 2. The van der Waals surface area contributed by atoms with E-state index in [-0.39, 0.29) is 28.0 Å². The number of hydrogen-bond acceptors (Lipinski definition) is 9. The van der Waals surface area contributed by atoms with Gasteiger partial charge in [-0.25, -0.2) is 10.1 Å². The Morgan fingerprint density at radius 1 is 1.15 bits per heavy atom. The second-order valence-corrected chi connectivity index (χ2v) is 7.48. The number of nitrogen functional groups attached to an aromatic ring is 1. The van der Waals surface area contributed by atoms with Gasteiger partial charge in [-0.05, 0) is 59.2 Å². The molecule has 0 saturated heterocycles. The summed E-state index contributed by atoms with van der Waals surface area (Å²) in [6.45, 7) is 1.75. The van der Waals surface area contributed by atoms with Crippen molar-refractivity contribution in [2.45, 2.75) is 6.92 Å². The monoisotopic (exact) mass is 486 g/mol. The minimum atomic E-state index is -0.620. The van der Waals surface area contributed by atoms with Gasteiger partial charge in [-0.3, -0.25) is 4.79 Å². The predicted octanol–water partition coefficient (Wildman–Crippen LogP) is 3.37. The number of amides is 1. The molecule has 0 radical (unpaired) electrons. The van der Waals surface area contributed by atoms with Crippen molar-refractivity contribution in [3.05, 3.63) is 63.8 Å². The number of halogens is 2. The van der Waals surface area contributed by atoms with E-state index in [4.69, 9.17) is 33.7 Å². The lowest BCUT2D eigenvalue weighted by Gasteiger charge is -2.07. The SMILES string of the molecule is COc1ccc(/C(C)=N/NC(=O)c2nnn(-c3nonc3N)c2-c2ccc(Cl)c(Cl)c2)cc1. The van der Waals surface area contributed by atoms with Gasteiger partial charge in [0.15, 0.2) is 5.69 Å². The number of methoxy groups -OCH3 is 1. The van der Waals surface area contributed by atoms with Crippen LogP contribution in [0.2, 0.25) is 10.0 Å². The largest absolute Gasteiger partial charge is 0.497 e. The summed E-state index contributed by atoms with van der Waals surface area (Å²) in [5.41, 5.74) is 10.3. The van der Waals surface area contributed by atoms with E-state index in [9.17, 15) is 4.79 Å². The highest BCUT2D eigenvalue weighted by Gasteiger charge is 2.25. The molecule has 4 aromatic rings. The molecule has 0 bridgehead atoms. The zero-order valence-corrected chi connectivity index (χ0v) is 18.8. The van der Waals surface area contributed by atoms with Gasteiger partial charge < -0.3 is 10.5 Å². The standard InChI is InChI=1S/C20H16Cl2N8O3/c1-10(11-3-6-13(32-2)7-4-11)24-26-20(31)16-17(12-5-8-14(21)15(22)9-12)30(29-25-16)19-18(23)27-33-28-19/h3-9H,1-2H3,(H2,23,27)(H,26,31)/b24-10+. The van der Waals surface area contributed by atoms with Gasteiger partial charge in [0.25, 0.3) is 5.91 Å². The van der Waals surface area contributed by atoms with Crippen molar-refractivity contribution >= 4 is 40.6 Å². The first-order chi connectivity index (χ1) is 15.9. The first-order valence-electron chi connectivity index (χ1n) is 9.37. The summed E-state index contributed by atoms with van der Waals surface area (Å²) in [4.78, 5) is 13.0. The molecule has 2 aromatic heterocycles. The number of hydrogen-bond donors (Lipinski definition) is 2. The van der Waals surface area contributed by atoms with E-state index in [0.29, 0.717) is 22.0 Å². The molecule has 33 heavy (non-hydrogen) atoms. The third-order valence-electron chi connectivity index (χ3n) is 4.61. The molecule has 3 N–H and O–H groups in total. The Balaban J connectivity index is 1.70. The summed E-state index contributed by atoms with van der Waals surface area (Å²) in [5.74, 6) is 0.104. The van der Waals surface area contributed by atoms with Gasteiger partial charge in [-0.2, -0.15) is 9.78 Å². The maximum Gasteiger partial charge on any atom is 0.294 e. The molecule has 0 aliphatic rings. The minimum Gasteiger partial charge on any atom is -0.497 e. The zero-order chi connectivity index (χ0) is 23.5. The molecule has 0 aliphatic carbocycles. The number of hydrazone groups is 1. The molecule has 2 heterocycles. The molecule has 0 aliphatic heterocycles. The van der Waals surface area contributed by atoms with Gasteiger partial charge in [0.1, 0.15) is 11.4 Å². The van der Waals surface area contributed by atoms with Crippen LogP contribution in [0.5, 0.6) is 5.75 Å². The summed E-state index contributed by atoms with van der Waals surface area (Å²) in [5, 5.41) is 20.0. The van der Waals surface area contributed by atoms with E-state index in [1.807, 2.05) is 12.1 Å². The average Bonchev–Trinajstić information content (AvgIpc) is 3.45. The highest BCUT2D eigenvalue weighted by molar-refractivity contribution is 6.42. The number of carbonyl (C=O) groups excluding carboxylic acids is 1. The van der Waals surface area contributed by atoms with Gasteiger partial charge in [0.05, 0.1) is 22.9 Å². The molecule has 11 nitrogen and oxygen atoms in total. The number of nitrogens with zero attached hydrogens (tertiary/aromatic N) is 6. The van der Waals surface area contributed by atoms with Crippen LogP contribution in [0.1, 0.15) is 23.0 Å². The van der Waals surface area contributed by atoms with Crippen molar-refractivity contribution in [3.63, 3.8) is 0 Å². The summed E-state index contributed by atoms with van der Waals surface area (Å²) in [6.07, 6.45) is 0. The number of carbonyl (C=O) groups is 1. The Hall–Kier alpha value is -3.96. The quantitative estimate of drug-likeness (QED) is 0.311. The molecule has 0 saturated carbocycles. The number of nitrogens with two attached hydrogens (primary N) is 1. The van der Waals surface area contributed by atoms with E-state index in [1.54, 1.807) is 44.4 Å². The second-order valence-electron chi connectivity index (χ2n) is 6.67. The summed E-state index contributed by atoms with van der Waals surface area (Å²) in [7, 11) is 1.58. The summed E-state index contributed by atoms with van der Waals surface area (Å²) < 4.78 is 11.0. The van der Waals surface area contributed by atoms with E-state index in [1.165, 1.54) is 4.68 Å². The fourth-order valence-corrected chi connectivity index (χ4v) is 3.21. The van der Waals surface area contributed by atoms with Crippen LogP contribution in [-0.4, -0.2) is 44.0 Å². The summed E-state index contributed by atoms with van der Waals surface area (Å²) in [6, 6.07) is 12.0. The highest BCUT2D eigenvalue weighted by atomic mass is 35.5. The number of anilines is 1. The van der Waals surface area contributed by atoms with Crippen LogP contribution in [0.3, 0.4) is 0 Å². The zero-order valence-electron chi connectivity index (χ0n) is 17.3. The Labute approximate surface area is 197 Å². The smallest absolute Gasteiger partial charge is 0.294 e. The fraction of sp³-hybridized carbons (Fsp3) is 0.100. The van der Waals surface area contributed by atoms with Crippen LogP contribution in [0.4, 0.5) is 5.82 Å². The summed E-state index contributed by atoms with van der Waals surface area (Å²) >= 11 is 12.2. The Morgan fingerprint density at radius 3 is 2.55 bits per heavy atom. The van der Waals surface area contributed by atoms with Crippen LogP contribution < -0.4 is 15.9 Å². The maximum atomic E-state index is 13.0. The number of aromatic nitrogens is 5. The van der Waals surface area contributed by atoms with Crippen molar-refractivity contribution in [2.75, 3.05) is 12.8 Å². The van der Waals surface area contributed by atoms with Gasteiger partial charge in [0, 0.05) is 5.56 Å². The third-order valence-corrected chi connectivity index (χ3v) is 5.35. The van der Waals surface area contributed by atoms with Crippen molar-refractivity contribution in [2.24, 2.45) is 5.10 Å².